The van der Waals surface area contributed by atoms with Crippen LogP contribution in [0.4, 0.5) is 11.4 Å². The Labute approximate surface area is 183 Å². The van der Waals surface area contributed by atoms with Gasteiger partial charge in [-0.2, -0.15) is 0 Å². The molecule has 0 bridgehead atoms. The number of carbonyl (C=O) groups is 1. The van der Waals surface area contributed by atoms with Crippen LogP contribution in [0, 0.1) is 0 Å². The minimum absolute atomic E-state index is 0.127. The zero-order valence-electron chi connectivity index (χ0n) is 17.0. The predicted octanol–water partition coefficient (Wildman–Crippen LogP) is 4.66. The van der Waals surface area contributed by atoms with Gasteiger partial charge in [0.1, 0.15) is 0 Å². The molecule has 6 heteroatoms. The van der Waals surface area contributed by atoms with E-state index in [9.17, 15) is 4.79 Å². The van der Waals surface area contributed by atoms with Crippen LogP contribution in [0.2, 0.25) is 10.0 Å². The molecule has 0 aliphatic carbocycles. The summed E-state index contributed by atoms with van der Waals surface area (Å²) in [6.45, 7) is 8.65. The minimum atomic E-state index is 0.127. The smallest absolute Gasteiger partial charge is 0.223 e. The second-order valence-corrected chi connectivity index (χ2v) is 8.82. The van der Waals surface area contributed by atoms with E-state index in [-0.39, 0.29) is 5.91 Å². The van der Waals surface area contributed by atoms with E-state index in [1.165, 1.54) is 11.1 Å². The Balaban J connectivity index is 1.36. The molecule has 29 heavy (non-hydrogen) atoms. The van der Waals surface area contributed by atoms with Gasteiger partial charge in [0.2, 0.25) is 5.91 Å². The zero-order chi connectivity index (χ0) is 20.5. The van der Waals surface area contributed by atoms with Gasteiger partial charge in [0.15, 0.2) is 0 Å². The molecule has 0 aromatic heterocycles. The maximum absolute atomic E-state index is 11.7. The monoisotopic (exact) mass is 431 g/mol. The number of piperazine rings is 1. The largest absolute Gasteiger partial charge is 0.368 e. The van der Waals surface area contributed by atoms with Crippen molar-refractivity contribution in [2.24, 2.45) is 0 Å². The van der Waals surface area contributed by atoms with Crippen molar-refractivity contribution in [2.45, 2.75) is 32.7 Å². The summed E-state index contributed by atoms with van der Waals surface area (Å²) in [5.41, 5.74) is 4.76. The summed E-state index contributed by atoms with van der Waals surface area (Å²) in [5.74, 6) is 0.127. The Kier molecular flexibility index (Phi) is 6.05. The van der Waals surface area contributed by atoms with Crippen LogP contribution >= 0.6 is 23.2 Å². The normalized spacial score (nSPS) is 18.1. The van der Waals surface area contributed by atoms with E-state index in [0.717, 1.165) is 56.9 Å². The van der Waals surface area contributed by atoms with Gasteiger partial charge in [0, 0.05) is 51.4 Å². The van der Waals surface area contributed by atoms with Crippen molar-refractivity contribution in [3.63, 3.8) is 0 Å². The molecule has 4 nitrogen and oxygen atoms in total. The van der Waals surface area contributed by atoms with E-state index >= 15 is 0 Å². The number of amides is 1. The van der Waals surface area contributed by atoms with Crippen LogP contribution in [0.25, 0.3) is 0 Å². The van der Waals surface area contributed by atoms with Crippen molar-refractivity contribution in [3.8, 4) is 0 Å². The van der Waals surface area contributed by atoms with Crippen molar-refractivity contribution < 1.29 is 4.79 Å². The summed E-state index contributed by atoms with van der Waals surface area (Å²) >= 11 is 12.6. The highest BCUT2D eigenvalue weighted by Crippen LogP contribution is 2.33. The van der Waals surface area contributed by atoms with Crippen LogP contribution in [-0.2, 0) is 17.6 Å². The average Bonchev–Trinajstić information content (AvgIpc) is 3.14. The lowest BCUT2D eigenvalue weighted by Gasteiger charge is -2.39. The lowest BCUT2D eigenvalue weighted by molar-refractivity contribution is -0.116. The third-order valence-corrected chi connectivity index (χ3v) is 6.97. The van der Waals surface area contributed by atoms with Crippen molar-refractivity contribution in [2.75, 3.05) is 42.5 Å². The van der Waals surface area contributed by atoms with Crippen molar-refractivity contribution in [1.29, 1.82) is 0 Å². The highest BCUT2D eigenvalue weighted by Gasteiger charge is 2.25. The number of halogens is 2. The molecular formula is C23H27Cl2N3O. The first-order chi connectivity index (χ1) is 13.9. The van der Waals surface area contributed by atoms with Gasteiger partial charge >= 0.3 is 0 Å². The minimum Gasteiger partial charge on any atom is -0.368 e. The molecule has 0 saturated carbocycles. The summed E-state index contributed by atoms with van der Waals surface area (Å²) in [6, 6.07) is 12.9. The van der Waals surface area contributed by atoms with Crippen molar-refractivity contribution in [3.05, 3.63) is 57.6 Å². The first-order valence-electron chi connectivity index (χ1n) is 10.3. The van der Waals surface area contributed by atoms with Crippen LogP contribution in [0.3, 0.4) is 0 Å². The third kappa shape index (κ3) is 4.25. The number of hydrogen-bond acceptors (Lipinski definition) is 3. The summed E-state index contributed by atoms with van der Waals surface area (Å²) < 4.78 is 0. The topological polar surface area (TPSA) is 26.8 Å². The Morgan fingerprint density at radius 2 is 1.79 bits per heavy atom. The first kappa shape index (κ1) is 20.5. The molecule has 0 N–H and O–H groups in total. The maximum Gasteiger partial charge on any atom is 0.223 e. The number of rotatable bonds is 4. The number of hydrogen-bond donors (Lipinski definition) is 0. The maximum atomic E-state index is 11.7. The first-order valence-corrected chi connectivity index (χ1v) is 11.0. The van der Waals surface area contributed by atoms with Crippen molar-refractivity contribution >= 4 is 40.5 Å². The number of anilines is 2. The molecule has 2 aromatic rings. The molecule has 1 unspecified atom stereocenters. The Morgan fingerprint density at radius 3 is 2.52 bits per heavy atom. The van der Waals surface area contributed by atoms with E-state index in [1.54, 1.807) is 6.92 Å². The molecule has 0 spiro atoms. The van der Waals surface area contributed by atoms with Gasteiger partial charge < -0.3 is 9.80 Å². The lowest BCUT2D eigenvalue weighted by Crippen LogP contribution is -2.50. The van der Waals surface area contributed by atoms with Crippen LogP contribution in [0.1, 0.15) is 25.0 Å². The fourth-order valence-electron chi connectivity index (χ4n) is 4.52. The molecule has 154 valence electrons. The van der Waals surface area contributed by atoms with Gasteiger partial charge in [0.05, 0.1) is 15.7 Å². The number of nitrogens with zero attached hydrogens (tertiary/aromatic N) is 3. The number of benzene rings is 2. The van der Waals surface area contributed by atoms with Gasteiger partial charge in [-0.15, -0.1) is 0 Å². The molecule has 1 atom stereocenters. The lowest BCUT2D eigenvalue weighted by atomic mass is 10.0. The molecule has 1 amide bonds. The Morgan fingerprint density at radius 1 is 1.03 bits per heavy atom. The summed E-state index contributed by atoms with van der Waals surface area (Å²) in [7, 11) is 0. The van der Waals surface area contributed by atoms with Gasteiger partial charge in [-0.25, -0.2) is 0 Å². The zero-order valence-corrected chi connectivity index (χ0v) is 18.5. The van der Waals surface area contributed by atoms with Crippen LogP contribution in [0.15, 0.2) is 36.4 Å². The van der Waals surface area contributed by atoms with Crippen LogP contribution in [0.5, 0.6) is 0 Å². The van der Waals surface area contributed by atoms with Gasteiger partial charge in [0.25, 0.3) is 0 Å². The van der Waals surface area contributed by atoms with Gasteiger partial charge in [-0.05, 0) is 49.1 Å². The van der Waals surface area contributed by atoms with E-state index in [0.29, 0.717) is 16.1 Å². The quantitative estimate of drug-likeness (QED) is 0.704. The predicted molar refractivity (Wildman–Crippen MR) is 122 cm³/mol. The highest BCUT2D eigenvalue weighted by molar-refractivity contribution is 6.43. The summed E-state index contributed by atoms with van der Waals surface area (Å²) in [5, 5.41) is 1.26. The van der Waals surface area contributed by atoms with Crippen molar-refractivity contribution in [1.82, 2.24) is 4.90 Å². The molecular weight excluding hydrogens is 405 g/mol. The van der Waals surface area contributed by atoms with Gasteiger partial charge in [-0.1, -0.05) is 41.4 Å². The van der Waals surface area contributed by atoms with E-state index in [4.69, 9.17) is 23.2 Å². The third-order valence-electron chi connectivity index (χ3n) is 6.16. The van der Waals surface area contributed by atoms with Gasteiger partial charge in [-0.3, -0.25) is 9.69 Å². The summed E-state index contributed by atoms with van der Waals surface area (Å²) in [6.07, 6.45) is 1.97. The molecule has 4 rings (SSSR count). The number of fused-ring (bicyclic) bond motifs is 1. The molecule has 1 fully saturated rings. The standard InChI is InChI=1S/C23H27Cl2N3O/c1-16(14-18-6-7-21-19(15-18)8-9-28(21)17(2)29)26-10-12-27(13-11-26)22-5-3-4-20(24)23(22)25/h3-7,15-16H,8-14H2,1-2H3. The molecule has 2 heterocycles. The van der Waals surface area contributed by atoms with E-state index < -0.39 is 0 Å². The molecule has 2 aliphatic heterocycles. The highest BCUT2D eigenvalue weighted by atomic mass is 35.5. The second kappa shape index (κ2) is 8.55. The molecule has 0 radical (unpaired) electrons. The SMILES string of the molecule is CC(=O)N1CCc2cc(CC(C)N3CCN(c4cccc(Cl)c4Cl)CC3)ccc21. The molecule has 1 saturated heterocycles. The van der Waals surface area contributed by atoms with E-state index in [1.807, 2.05) is 23.1 Å². The average molecular weight is 432 g/mol. The fraction of sp³-hybridized carbons (Fsp3) is 0.435. The Hall–Kier alpha value is -1.75. The van der Waals surface area contributed by atoms with Crippen LogP contribution in [-0.4, -0.2) is 49.6 Å². The Bertz CT molecular complexity index is 909. The summed E-state index contributed by atoms with van der Waals surface area (Å²) in [4.78, 5) is 18.5. The fourth-order valence-corrected chi connectivity index (χ4v) is 4.93. The molecule has 2 aromatic carbocycles. The van der Waals surface area contributed by atoms with E-state index in [2.05, 4.69) is 34.9 Å². The number of carbonyl (C=O) groups excluding carboxylic acids is 1. The van der Waals surface area contributed by atoms with Crippen LogP contribution < -0.4 is 9.80 Å². The molecule has 2 aliphatic rings. The second-order valence-electron chi connectivity index (χ2n) is 8.03.